The molecule has 0 spiro atoms. The van der Waals surface area contributed by atoms with Crippen molar-refractivity contribution in [2.75, 3.05) is 18.7 Å². The van der Waals surface area contributed by atoms with E-state index in [0.29, 0.717) is 22.9 Å². The molecule has 164 valence electrons. The Hall–Kier alpha value is -4.09. The van der Waals surface area contributed by atoms with Gasteiger partial charge in [0, 0.05) is 35.7 Å². The van der Waals surface area contributed by atoms with Crippen LogP contribution in [0.4, 0.5) is 10.8 Å². The molecule has 2 heterocycles. The fourth-order valence-corrected chi connectivity index (χ4v) is 4.02. The molecule has 0 saturated carbocycles. The van der Waals surface area contributed by atoms with Crippen LogP contribution < -0.4 is 10.1 Å². The van der Waals surface area contributed by atoms with Crippen LogP contribution >= 0.6 is 11.5 Å². The Morgan fingerprint density at radius 3 is 2.75 bits per heavy atom. The van der Waals surface area contributed by atoms with Gasteiger partial charge in [0.25, 0.3) is 16.8 Å². The first kappa shape index (κ1) is 22.6. The molecule has 0 fully saturated rings. The second kappa shape index (κ2) is 8.96. The molecule has 1 N–H and O–H groups in total. The molecule has 3 rings (SSSR count). The minimum absolute atomic E-state index is 0.0796. The molecule has 0 unspecified atom stereocenters. The van der Waals surface area contributed by atoms with Crippen molar-refractivity contribution in [3.63, 3.8) is 0 Å². The normalized spacial score (nSPS) is 11.6. The fraction of sp³-hybridized carbons (Fsp3) is 0.111. The summed E-state index contributed by atoms with van der Waals surface area (Å²) in [5.74, 6) is -0.595. The number of hydrogen-bond donors (Lipinski definition) is 1. The van der Waals surface area contributed by atoms with E-state index in [4.69, 9.17) is 4.74 Å². The van der Waals surface area contributed by atoms with Crippen molar-refractivity contribution >= 4 is 44.2 Å². The van der Waals surface area contributed by atoms with Crippen LogP contribution in [0.3, 0.4) is 0 Å². The van der Waals surface area contributed by atoms with Gasteiger partial charge in [0.2, 0.25) is 15.0 Å². The average molecular weight is 474 g/mol. The lowest BCUT2D eigenvalue weighted by molar-refractivity contribution is -0.384. The number of ether oxygens (including phenoxy) is 1. The monoisotopic (exact) mass is 474 g/mol. The first-order chi connectivity index (χ1) is 15.1. The van der Waals surface area contributed by atoms with E-state index < -0.39 is 25.8 Å². The number of nitro benzene ring substituents is 1. The number of aromatic nitrogens is 3. The smallest absolute Gasteiger partial charge is 0.273 e. The Labute approximate surface area is 185 Å². The second-order valence-corrected chi connectivity index (χ2v) is 8.86. The number of nitro groups is 1. The van der Waals surface area contributed by atoms with E-state index in [2.05, 4.69) is 14.7 Å². The van der Waals surface area contributed by atoms with E-state index >= 15 is 0 Å². The van der Waals surface area contributed by atoms with Crippen molar-refractivity contribution in [3.05, 3.63) is 57.9 Å². The predicted molar refractivity (Wildman–Crippen MR) is 114 cm³/mol. The number of amides is 1. The van der Waals surface area contributed by atoms with Gasteiger partial charge in [-0.25, -0.2) is 8.42 Å². The van der Waals surface area contributed by atoms with E-state index in [0.717, 1.165) is 6.26 Å². The maximum absolute atomic E-state index is 12.5. The third-order valence-corrected chi connectivity index (χ3v) is 5.62. The summed E-state index contributed by atoms with van der Waals surface area (Å²) in [5, 5.41) is 22.3. The summed E-state index contributed by atoms with van der Waals surface area (Å²) in [7, 11) is -2.27. The van der Waals surface area contributed by atoms with Crippen LogP contribution in [-0.2, 0) is 14.6 Å². The third-order valence-electron chi connectivity index (χ3n) is 4.03. The number of carbonyl (C=O) groups excluding carboxylic acids is 1. The van der Waals surface area contributed by atoms with Gasteiger partial charge in [-0.05, 0) is 24.3 Å². The topological polar surface area (TPSA) is 170 Å². The van der Waals surface area contributed by atoms with Gasteiger partial charge in [-0.2, -0.15) is 14.6 Å². The third kappa shape index (κ3) is 4.79. The SMILES string of the molecule is COc1cc([N+](=O)[O-])ccc1-n1cccc1/C=C(/C#N)C(=O)Nc1nc(S(C)(=O)=O)ns1. The lowest BCUT2D eigenvalue weighted by Crippen LogP contribution is -2.14. The highest BCUT2D eigenvalue weighted by Gasteiger charge is 2.19. The number of anilines is 1. The Morgan fingerprint density at radius 2 is 2.16 bits per heavy atom. The van der Waals surface area contributed by atoms with E-state index in [-0.39, 0.29) is 22.1 Å². The van der Waals surface area contributed by atoms with E-state index in [1.54, 1.807) is 29.0 Å². The molecule has 0 aliphatic rings. The number of benzene rings is 1. The number of hydrogen-bond acceptors (Lipinski definition) is 10. The van der Waals surface area contributed by atoms with Crippen LogP contribution in [-0.4, -0.2) is 46.5 Å². The highest BCUT2D eigenvalue weighted by atomic mass is 32.2. The van der Waals surface area contributed by atoms with Crippen molar-refractivity contribution in [3.8, 4) is 17.5 Å². The number of nitrogens with zero attached hydrogens (tertiary/aromatic N) is 5. The molecule has 32 heavy (non-hydrogen) atoms. The van der Waals surface area contributed by atoms with Crippen molar-refractivity contribution < 1.29 is 22.9 Å². The molecule has 0 atom stereocenters. The standard InChI is InChI=1S/C18H14N6O6S2/c1-30-15-9-13(24(26)27)5-6-14(15)23-7-3-4-12(23)8-11(10-19)16(25)20-17-21-18(22-31-17)32(2,28)29/h3-9H,1-2H3,(H,20,21,22,25)/b11-8-. The zero-order valence-electron chi connectivity index (χ0n) is 16.5. The number of rotatable bonds is 7. The van der Waals surface area contributed by atoms with Crippen molar-refractivity contribution in [2.24, 2.45) is 0 Å². The van der Waals surface area contributed by atoms with Gasteiger partial charge in [-0.3, -0.25) is 20.2 Å². The van der Waals surface area contributed by atoms with Gasteiger partial charge >= 0.3 is 0 Å². The van der Waals surface area contributed by atoms with Gasteiger partial charge in [0.15, 0.2) is 0 Å². The maximum atomic E-state index is 12.5. The first-order valence-corrected chi connectivity index (χ1v) is 11.3. The number of carbonyl (C=O) groups is 1. The Balaban J connectivity index is 1.93. The summed E-state index contributed by atoms with van der Waals surface area (Å²) >= 11 is 0.664. The molecular weight excluding hydrogens is 460 g/mol. The van der Waals surface area contributed by atoms with Crippen LogP contribution in [0, 0.1) is 21.4 Å². The molecular formula is C18H14N6O6S2. The number of nitriles is 1. The number of methoxy groups -OCH3 is 1. The molecule has 0 bridgehead atoms. The minimum Gasteiger partial charge on any atom is -0.494 e. The second-order valence-electron chi connectivity index (χ2n) is 6.19. The van der Waals surface area contributed by atoms with Crippen LogP contribution in [0.5, 0.6) is 5.75 Å². The zero-order valence-corrected chi connectivity index (χ0v) is 18.2. The molecule has 2 aromatic heterocycles. The summed E-state index contributed by atoms with van der Waals surface area (Å²) in [6.45, 7) is 0. The van der Waals surface area contributed by atoms with Crippen molar-refractivity contribution in [1.82, 2.24) is 13.9 Å². The first-order valence-electron chi connectivity index (χ1n) is 8.61. The summed E-state index contributed by atoms with van der Waals surface area (Å²) in [6, 6.07) is 9.10. The van der Waals surface area contributed by atoms with Crippen LogP contribution in [0.1, 0.15) is 5.69 Å². The molecule has 1 aromatic carbocycles. The molecule has 12 nitrogen and oxygen atoms in total. The summed E-state index contributed by atoms with van der Waals surface area (Å²) < 4.78 is 33.4. The van der Waals surface area contributed by atoms with Gasteiger partial charge in [0.1, 0.15) is 17.4 Å². The Bertz CT molecular complexity index is 1380. The summed E-state index contributed by atoms with van der Waals surface area (Å²) in [4.78, 5) is 26.7. The lowest BCUT2D eigenvalue weighted by atomic mass is 10.2. The van der Waals surface area contributed by atoms with Gasteiger partial charge in [-0.1, -0.05) is 0 Å². The molecule has 0 radical (unpaired) electrons. The number of nitrogens with one attached hydrogen (secondary N) is 1. The fourth-order valence-electron chi connectivity index (χ4n) is 2.58. The van der Waals surface area contributed by atoms with Crippen molar-refractivity contribution in [2.45, 2.75) is 5.16 Å². The summed E-state index contributed by atoms with van der Waals surface area (Å²) in [6.07, 6.45) is 3.86. The largest absolute Gasteiger partial charge is 0.494 e. The van der Waals surface area contributed by atoms with Crippen LogP contribution in [0.25, 0.3) is 11.8 Å². The Kier molecular flexibility index (Phi) is 6.32. The number of sulfone groups is 1. The molecule has 0 aliphatic carbocycles. The van der Waals surface area contributed by atoms with Crippen molar-refractivity contribution in [1.29, 1.82) is 5.26 Å². The van der Waals surface area contributed by atoms with E-state index in [1.165, 1.54) is 31.4 Å². The summed E-state index contributed by atoms with van der Waals surface area (Å²) in [5.41, 5.74) is 0.423. The van der Waals surface area contributed by atoms with Crippen LogP contribution in [0.15, 0.2) is 47.3 Å². The quantitative estimate of drug-likeness (QED) is 0.233. The van der Waals surface area contributed by atoms with Gasteiger partial charge in [-0.15, -0.1) is 0 Å². The lowest BCUT2D eigenvalue weighted by Gasteiger charge is -2.12. The molecule has 0 aliphatic heterocycles. The Morgan fingerprint density at radius 1 is 1.41 bits per heavy atom. The average Bonchev–Trinajstić information content (AvgIpc) is 3.40. The molecule has 0 saturated heterocycles. The molecule has 14 heteroatoms. The maximum Gasteiger partial charge on any atom is 0.273 e. The molecule has 1 amide bonds. The van der Waals surface area contributed by atoms with Gasteiger partial charge in [0.05, 0.1) is 23.8 Å². The van der Waals surface area contributed by atoms with Gasteiger partial charge < -0.3 is 9.30 Å². The number of non-ortho nitro benzene ring substituents is 1. The van der Waals surface area contributed by atoms with E-state index in [9.17, 15) is 28.6 Å². The van der Waals surface area contributed by atoms with Crippen LogP contribution in [0.2, 0.25) is 0 Å². The van der Waals surface area contributed by atoms with E-state index in [1.807, 2.05) is 0 Å². The zero-order chi connectivity index (χ0) is 23.5. The minimum atomic E-state index is -3.64. The predicted octanol–water partition coefficient (Wildman–Crippen LogP) is 2.19. The highest BCUT2D eigenvalue weighted by molar-refractivity contribution is 7.90. The molecule has 3 aromatic rings. The highest BCUT2D eigenvalue weighted by Crippen LogP contribution is 2.29.